The predicted octanol–water partition coefficient (Wildman–Crippen LogP) is 5.61. The van der Waals surface area contributed by atoms with E-state index in [1.165, 1.54) is 10.8 Å². The second kappa shape index (κ2) is 6.58. The highest BCUT2D eigenvalue weighted by atomic mass is 32.1. The van der Waals surface area contributed by atoms with Gasteiger partial charge >= 0.3 is 0 Å². The van der Waals surface area contributed by atoms with Gasteiger partial charge < -0.3 is 10.7 Å². The van der Waals surface area contributed by atoms with E-state index in [9.17, 15) is 8.78 Å². The average Bonchev–Trinajstić information content (AvgIpc) is 3.17. The van der Waals surface area contributed by atoms with Gasteiger partial charge in [0, 0.05) is 16.2 Å². The maximum absolute atomic E-state index is 14.3. The Morgan fingerprint density at radius 1 is 1.04 bits per heavy atom. The number of hydrogen-bond donors (Lipinski definition) is 2. The predicted molar refractivity (Wildman–Crippen MR) is 101 cm³/mol. The number of thiophene rings is 1. The first-order valence-electron chi connectivity index (χ1n) is 8.36. The number of nitrogens with two attached hydrogens (primary N) is 1. The Bertz CT molecular complexity index is 1020. The minimum atomic E-state index is -0.553. The van der Waals surface area contributed by atoms with E-state index in [1.54, 1.807) is 11.3 Å². The maximum Gasteiger partial charge on any atom is 0.150 e. The second-order valence-corrected chi connectivity index (χ2v) is 7.27. The fourth-order valence-corrected chi connectivity index (χ4v) is 4.39. The largest absolute Gasteiger partial charge is 0.351 e. The number of unbranched alkanes of at least 4 members (excludes halogenated alkanes) is 1. The fraction of sp³-hybridized carbons (Fsp3) is 0.200. The fourth-order valence-electron chi connectivity index (χ4n) is 3.29. The first-order valence-corrected chi connectivity index (χ1v) is 9.17. The summed E-state index contributed by atoms with van der Waals surface area (Å²) in [6, 6.07) is 12.6. The number of H-pyrrole nitrogens is 1. The number of fused-ring (bicyclic) bond motifs is 2. The third-order valence-electron chi connectivity index (χ3n) is 4.48. The summed E-state index contributed by atoms with van der Waals surface area (Å²) in [5.41, 5.74) is 7.83. The lowest BCUT2D eigenvalue weighted by atomic mass is 10.0. The molecule has 2 aromatic heterocycles. The van der Waals surface area contributed by atoms with Crippen molar-refractivity contribution in [1.82, 2.24) is 4.98 Å². The highest BCUT2D eigenvalue weighted by Gasteiger charge is 2.18. The van der Waals surface area contributed by atoms with E-state index in [-0.39, 0.29) is 0 Å². The van der Waals surface area contributed by atoms with E-state index in [0.717, 1.165) is 46.8 Å². The van der Waals surface area contributed by atoms with Gasteiger partial charge in [-0.15, -0.1) is 11.3 Å². The number of rotatable bonds is 5. The van der Waals surface area contributed by atoms with Crippen LogP contribution in [0.15, 0.2) is 42.5 Å². The van der Waals surface area contributed by atoms with Crippen LogP contribution in [-0.2, 0) is 6.42 Å². The van der Waals surface area contributed by atoms with E-state index in [0.29, 0.717) is 17.4 Å². The number of aromatic amines is 1. The van der Waals surface area contributed by atoms with Crippen molar-refractivity contribution in [1.29, 1.82) is 0 Å². The van der Waals surface area contributed by atoms with E-state index in [1.807, 2.05) is 12.1 Å². The van der Waals surface area contributed by atoms with Gasteiger partial charge in [0.2, 0.25) is 0 Å². The first kappa shape index (κ1) is 16.2. The van der Waals surface area contributed by atoms with E-state index < -0.39 is 11.6 Å². The molecular weight excluding hydrogens is 338 g/mol. The summed E-state index contributed by atoms with van der Waals surface area (Å²) in [6.45, 7) is 0.614. The number of halogens is 2. The van der Waals surface area contributed by atoms with Gasteiger partial charge in [0.15, 0.2) is 0 Å². The molecule has 0 bridgehead atoms. The summed E-state index contributed by atoms with van der Waals surface area (Å²) in [6.07, 6.45) is 2.51. The third kappa shape index (κ3) is 2.94. The van der Waals surface area contributed by atoms with Crippen LogP contribution in [0.4, 0.5) is 8.78 Å². The molecule has 0 aliphatic rings. The Labute approximate surface area is 148 Å². The van der Waals surface area contributed by atoms with Gasteiger partial charge in [-0.3, -0.25) is 0 Å². The standard InChI is InChI=1S/C20H18F2N2S/c21-13-10-15-14(6-3-4-8-23)20(24-19(15)16(22)11-13)18-9-12-5-1-2-7-17(12)25-18/h1-2,5,7,9-11,24H,3-4,6,8,23H2. The van der Waals surface area contributed by atoms with Crippen LogP contribution in [0.1, 0.15) is 18.4 Å². The van der Waals surface area contributed by atoms with Crippen LogP contribution < -0.4 is 5.73 Å². The van der Waals surface area contributed by atoms with Gasteiger partial charge in [-0.2, -0.15) is 0 Å². The van der Waals surface area contributed by atoms with Crippen LogP contribution in [0.5, 0.6) is 0 Å². The van der Waals surface area contributed by atoms with Gasteiger partial charge in [-0.05, 0) is 55.0 Å². The Kier molecular flexibility index (Phi) is 4.27. The molecule has 4 rings (SSSR count). The SMILES string of the molecule is NCCCCc1c(-c2cc3ccccc3s2)[nH]c2c(F)cc(F)cc12. The van der Waals surface area contributed by atoms with Crippen molar-refractivity contribution in [2.75, 3.05) is 6.54 Å². The lowest BCUT2D eigenvalue weighted by Gasteiger charge is -2.03. The molecule has 5 heteroatoms. The van der Waals surface area contributed by atoms with Crippen molar-refractivity contribution in [3.63, 3.8) is 0 Å². The van der Waals surface area contributed by atoms with Crippen LogP contribution in [-0.4, -0.2) is 11.5 Å². The summed E-state index contributed by atoms with van der Waals surface area (Å²) in [7, 11) is 0. The molecule has 0 aliphatic heterocycles. The summed E-state index contributed by atoms with van der Waals surface area (Å²) in [5, 5.41) is 1.78. The topological polar surface area (TPSA) is 41.8 Å². The number of hydrogen-bond acceptors (Lipinski definition) is 2. The molecule has 0 fully saturated rings. The molecule has 25 heavy (non-hydrogen) atoms. The van der Waals surface area contributed by atoms with Crippen molar-refractivity contribution < 1.29 is 8.78 Å². The first-order chi connectivity index (χ1) is 12.2. The number of benzene rings is 2. The zero-order valence-electron chi connectivity index (χ0n) is 13.6. The molecule has 4 aromatic rings. The molecule has 0 saturated carbocycles. The Balaban J connectivity index is 1.91. The normalized spacial score (nSPS) is 11.6. The second-order valence-electron chi connectivity index (χ2n) is 6.18. The molecule has 0 unspecified atom stereocenters. The molecule has 2 heterocycles. The van der Waals surface area contributed by atoms with Gasteiger partial charge in [-0.1, -0.05) is 18.2 Å². The molecule has 3 N–H and O–H groups in total. The molecule has 2 nitrogen and oxygen atoms in total. The zero-order valence-corrected chi connectivity index (χ0v) is 14.4. The van der Waals surface area contributed by atoms with Crippen molar-refractivity contribution in [3.05, 3.63) is 59.7 Å². The van der Waals surface area contributed by atoms with E-state index in [4.69, 9.17) is 5.73 Å². The summed E-state index contributed by atoms with van der Waals surface area (Å²) in [5.74, 6) is -1.10. The molecule has 2 aromatic carbocycles. The molecule has 0 atom stereocenters. The monoisotopic (exact) mass is 356 g/mol. The lowest BCUT2D eigenvalue weighted by molar-refractivity contribution is 0.591. The van der Waals surface area contributed by atoms with Crippen LogP contribution in [0.25, 0.3) is 31.6 Å². The van der Waals surface area contributed by atoms with Crippen molar-refractivity contribution in [2.24, 2.45) is 5.73 Å². The average molecular weight is 356 g/mol. The van der Waals surface area contributed by atoms with Gasteiger partial charge in [0.1, 0.15) is 11.6 Å². The maximum atomic E-state index is 14.3. The molecule has 0 radical (unpaired) electrons. The van der Waals surface area contributed by atoms with Crippen LogP contribution in [0, 0.1) is 11.6 Å². The van der Waals surface area contributed by atoms with E-state index >= 15 is 0 Å². The smallest absolute Gasteiger partial charge is 0.150 e. The summed E-state index contributed by atoms with van der Waals surface area (Å²) >= 11 is 1.66. The van der Waals surface area contributed by atoms with E-state index in [2.05, 4.69) is 23.2 Å². The Hall–Kier alpha value is -2.24. The molecule has 0 spiro atoms. The summed E-state index contributed by atoms with van der Waals surface area (Å²) in [4.78, 5) is 4.24. The van der Waals surface area contributed by atoms with Crippen molar-refractivity contribution in [2.45, 2.75) is 19.3 Å². The van der Waals surface area contributed by atoms with Gasteiger partial charge in [0.25, 0.3) is 0 Å². The molecule has 0 saturated heterocycles. The van der Waals surface area contributed by atoms with Crippen LogP contribution in [0.3, 0.4) is 0 Å². The minimum absolute atomic E-state index is 0.372. The van der Waals surface area contributed by atoms with Crippen LogP contribution >= 0.6 is 11.3 Å². The molecule has 0 aliphatic carbocycles. The lowest BCUT2D eigenvalue weighted by Crippen LogP contribution is -1.99. The highest BCUT2D eigenvalue weighted by Crippen LogP contribution is 2.39. The molecular formula is C20H18F2N2S. The van der Waals surface area contributed by atoms with Gasteiger partial charge in [-0.25, -0.2) is 8.78 Å². The number of nitrogens with one attached hydrogen (secondary N) is 1. The Morgan fingerprint density at radius 3 is 2.68 bits per heavy atom. The highest BCUT2D eigenvalue weighted by molar-refractivity contribution is 7.22. The minimum Gasteiger partial charge on any atom is -0.351 e. The summed E-state index contributed by atoms with van der Waals surface area (Å²) < 4.78 is 29.2. The van der Waals surface area contributed by atoms with Crippen molar-refractivity contribution in [3.8, 4) is 10.6 Å². The third-order valence-corrected chi connectivity index (χ3v) is 5.62. The van der Waals surface area contributed by atoms with Crippen LogP contribution in [0.2, 0.25) is 0 Å². The zero-order chi connectivity index (χ0) is 17.4. The quantitative estimate of drug-likeness (QED) is 0.448. The molecule has 0 amide bonds. The number of aryl methyl sites for hydroxylation is 1. The van der Waals surface area contributed by atoms with Crippen molar-refractivity contribution >= 4 is 32.3 Å². The molecule has 128 valence electrons. The van der Waals surface area contributed by atoms with Gasteiger partial charge in [0.05, 0.1) is 16.1 Å². The Morgan fingerprint density at radius 2 is 1.88 bits per heavy atom. The number of aromatic nitrogens is 1.